The fourth-order valence-corrected chi connectivity index (χ4v) is 2.72. The van der Waals surface area contributed by atoms with Gasteiger partial charge in [-0.25, -0.2) is 9.37 Å². The van der Waals surface area contributed by atoms with Crippen LogP contribution in [0.5, 0.6) is 0 Å². The van der Waals surface area contributed by atoms with Crippen LogP contribution in [-0.2, 0) is 0 Å². The van der Waals surface area contributed by atoms with Crippen LogP contribution in [0.1, 0.15) is 19.7 Å². The molecule has 6 heteroatoms. The van der Waals surface area contributed by atoms with Gasteiger partial charge in [0, 0.05) is 16.5 Å². The van der Waals surface area contributed by atoms with Crippen molar-refractivity contribution in [3.8, 4) is 22.6 Å². The van der Waals surface area contributed by atoms with Crippen molar-refractivity contribution in [3.63, 3.8) is 0 Å². The molecule has 0 radical (unpaired) electrons. The number of rotatable bonds is 3. The maximum atomic E-state index is 13.2. The third kappa shape index (κ3) is 2.94. The van der Waals surface area contributed by atoms with Gasteiger partial charge in [-0.15, -0.1) is 0 Å². The van der Waals surface area contributed by atoms with Crippen LogP contribution in [0, 0.1) is 5.82 Å². The Morgan fingerprint density at radius 2 is 1.72 bits per heavy atom. The van der Waals surface area contributed by atoms with E-state index in [9.17, 15) is 4.39 Å². The zero-order chi connectivity index (χ0) is 17.4. The lowest BCUT2D eigenvalue weighted by atomic mass is 10.1. The Morgan fingerprint density at radius 3 is 2.48 bits per heavy atom. The molecule has 0 aliphatic heterocycles. The van der Waals surface area contributed by atoms with Crippen LogP contribution in [-0.4, -0.2) is 25.4 Å². The van der Waals surface area contributed by atoms with E-state index in [0.717, 1.165) is 39.1 Å². The molecule has 2 N–H and O–H groups in total. The van der Waals surface area contributed by atoms with E-state index < -0.39 is 0 Å². The molecule has 0 bridgehead atoms. The Morgan fingerprint density at radius 1 is 0.960 bits per heavy atom. The van der Waals surface area contributed by atoms with Crippen LogP contribution in [0.15, 0.2) is 48.0 Å². The maximum absolute atomic E-state index is 13.2. The average Bonchev–Trinajstić information content (AvgIpc) is 3.21. The molecule has 0 aliphatic carbocycles. The zero-order valence-electron chi connectivity index (χ0n) is 13.8. The first-order chi connectivity index (χ1) is 12.1. The summed E-state index contributed by atoms with van der Waals surface area (Å²) < 4.78 is 13.2. The van der Waals surface area contributed by atoms with Crippen LogP contribution >= 0.6 is 0 Å². The first-order valence-electron chi connectivity index (χ1n) is 7.92. The van der Waals surface area contributed by atoms with Crippen LogP contribution in [0.25, 0.3) is 39.6 Å². The number of allylic oxidation sites excluding steroid dienone is 1. The molecule has 0 saturated carbocycles. The number of hydrogen-bond acceptors (Lipinski definition) is 3. The minimum absolute atomic E-state index is 0.267. The number of aromatic nitrogens is 5. The molecule has 0 amide bonds. The molecule has 4 aromatic rings. The number of halogens is 1. The largest absolute Gasteiger partial charge is 0.277 e. The van der Waals surface area contributed by atoms with Gasteiger partial charge in [0.25, 0.3) is 0 Å². The van der Waals surface area contributed by atoms with Gasteiger partial charge in [-0.2, -0.15) is 10.2 Å². The van der Waals surface area contributed by atoms with E-state index in [1.807, 2.05) is 38.1 Å². The number of fused-ring (bicyclic) bond motifs is 1. The number of aromatic amines is 2. The number of H-pyrrole nitrogens is 2. The molecule has 0 atom stereocenters. The Labute approximate surface area is 143 Å². The van der Waals surface area contributed by atoms with Gasteiger partial charge in [0.05, 0.1) is 11.2 Å². The first kappa shape index (κ1) is 15.3. The van der Waals surface area contributed by atoms with Crippen molar-refractivity contribution in [2.75, 3.05) is 0 Å². The second kappa shape index (κ2) is 5.98. The minimum Gasteiger partial charge on any atom is -0.277 e. The fourth-order valence-electron chi connectivity index (χ4n) is 2.72. The van der Waals surface area contributed by atoms with Gasteiger partial charge in [0.15, 0.2) is 5.82 Å². The highest BCUT2D eigenvalue weighted by molar-refractivity contribution is 5.95. The van der Waals surface area contributed by atoms with Crippen molar-refractivity contribution in [1.82, 2.24) is 25.4 Å². The monoisotopic (exact) mass is 333 g/mol. The SMILES string of the molecule is CC(C)=Cc1nc(-c2ccc3[nH]nc(-c4ccc(F)cc4)c3c2)n[nH]1. The van der Waals surface area contributed by atoms with Crippen LogP contribution in [0.2, 0.25) is 0 Å². The second-order valence-corrected chi connectivity index (χ2v) is 6.11. The maximum Gasteiger partial charge on any atom is 0.181 e. The molecular formula is C19H16FN5. The normalized spacial score (nSPS) is 11.0. The number of nitrogens with zero attached hydrogens (tertiary/aromatic N) is 3. The predicted molar refractivity (Wildman–Crippen MR) is 96.2 cm³/mol. The molecule has 0 saturated heterocycles. The first-order valence-corrected chi connectivity index (χ1v) is 7.92. The lowest BCUT2D eigenvalue weighted by Gasteiger charge is -2.00. The summed E-state index contributed by atoms with van der Waals surface area (Å²) in [6.07, 6.45) is 1.94. The molecule has 25 heavy (non-hydrogen) atoms. The Bertz CT molecular complexity index is 1070. The van der Waals surface area contributed by atoms with Crippen molar-refractivity contribution in [3.05, 3.63) is 59.7 Å². The van der Waals surface area contributed by atoms with E-state index in [1.54, 1.807) is 12.1 Å². The topological polar surface area (TPSA) is 70.2 Å². The van der Waals surface area contributed by atoms with Gasteiger partial charge in [-0.1, -0.05) is 5.57 Å². The van der Waals surface area contributed by atoms with E-state index in [0.29, 0.717) is 5.82 Å². The third-order valence-corrected chi connectivity index (χ3v) is 3.87. The van der Waals surface area contributed by atoms with Gasteiger partial charge in [0.1, 0.15) is 11.6 Å². The quantitative estimate of drug-likeness (QED) is 0.576. The molecule has 0 fully saturated rings. The Balaban J connectivity index is 1.79. The number of benzene rings is 2. The van der Waals surface area contributed by atoms with E-state index in [-0.39, 0.29) is 5.82 Å². The van der Waals surface area contributed by atoms with Crippen molar-refractivity contribution in [2.24, 2.45) is 0 Å². The summed E-state index contributed by atoms with van der Waals surface area (Å²) in [7, 11) is 0. The highest BCUT2D eigenvalue weighted by Gasteiger charge is 2.12. The molecule has 4 rings (SSSR count). The smallest absolute Gasteiger partial charge is 0.181 e. The van der Waals surface area contributed by atoms with E-state index in [4.69, 9.17) is 0 Å². The van der Waals surface area contributed by atoms with Gasteiger partial charge in [-0.3, -0.25) is 10.2 Å². The summed E-state index contributed by atoms with van der Waals surface area (Å²) in [5.74, 6) is 1.08. The number of nitrogens with one attached hydrogen (secondary N) is 2. The summed E-state index contributed by atoms with van der Waals surface area (Å²) in [6.45, 7) is 4.02. The second-order valence-electron chi connectivity index (χ2n) is 6.11. The predicted octanol–water partition coefficient (Wildman–Crippen LogP) is 4.58. The lowest BCUT2D eigenvalue weighted by molar-refractivity contribution is 0.628. The van der Waals surface area contributed by atoms with Crippen molar-refractivity contribution >= 4 is 17.0 Å². The summed E-state index contributed by atoms with van der Waals surface area (Å²) in [6, 6.07) is 12.2. The van der Waals surface area contributed by atoms with Crippen molar-refractivity contribution < 1.29 is 4.39 Å². The lowest BCUT2D eigenvalue weighted by Crippen LogP contribution is -1.83. The van der Waals surface area contributed by atoms with Gasteiger partial charge in [-0.05, 0) is 62.4 Å². The van der Waals surface area contributed by atoms with Crippen LogP contribution < -0.4 is 0 Å². The van der Waals surface area contributed by atoms with E-state index in [2.05, 4.69) is 25.4 Å². The highest BCUT2D eigenvalue weighted by atomic mass is 19.1. The number of hydrogen-bond donors (Lipinski definition) is 2. The van der Waals surface area contributed by atoms with Crippen molar-refractivity contribution in [1.29, 1.82) is 0 Å². The van der Waals surface area contributed by atoms with Gasteiger partial charge >= 0.3 is 0 Å². The van der Waals surface area contributed by atoms with Crippen LogP contribution in [0.4, 0.5) is 4.39 Å². The average molecular weight is 333 g/mol. The standard InChI is InChI=1S/C19H16FN5/c1-11(2)9-17-21-19(25-23-17)13-5-8-16-15(10-13)18(24-22-16)12-3-6-14(20)7-4-12/h3-10H,1-2H3,(H,22,24)(H,21,23,25). The zero-order valence-corrected chi connectivity index (χ0v) is 13.8. The van der Waals surface area contributed by atoms with Crippen LogP contribution in [0.3, 0.4) is 0 Å². The summed E-state index contributed by atoms with van der Waals surface area (Å²) in [5.41, 5.74) is 4.57. The summed E-state index contributed by atoms with van der Waals surface area (Å²) >= 11 is 0. The Kier molecular flexibility index (Phi) is 3.65. The van der Waals surface area contributed by atoms with E-state index in [1.165, 1.54) is 12.1 Å². The molecule has 2 aromatic heterocycles. The van der Waals surface area contributed by atoms with Gasteiger partial charge in [0.2, 0.25) is 0 Å². The molecule has 0 aliphatic rings. The fraction of sp³-hybridized carbons (Fsp3) is 0.105. The molecule has 5 nitrogen and oxygen atoms in total. The van der Waals surface area contributed by atoms with Crippen molar-refractivity contribution in [2.45, 2.75) is 13.8 Å². The van der Waals surface area contributed by atoms with E-state index >= 15 is 0 Å². The Hall–Kier alpha value is -3.28. The molecule has 124 valence electrons. The summed E-state index contributed by atoms with van der Waals surface area (Å²) in [5, 5.41) is 15.5. The molecular weight excluding hydrogens is 317 g/mol. The minimum atomic E-state index is -0.267. The molecule has 0 spiro atoms. The summed E-state index contributed by atoms with van der Waals surface area (Å²) in [4.78, 5) is 4.50. The highest BCUT2D eigenvalue weighted by Crippen LogP contribution is 2.29. The third-order valence-electron chi connectivity index (χ3n) is 3.87. The molecule has 0 unspecified atom stereocenters. The van der Waals surface area contributed by atoms with Gasteiger partial charge < -0.3 is 0 Å². The molecule has 2 heterocycles. The molecule has 2 aromatic carbocycles.